The van der Waals surface area contributed by atoms with Crippen LogP contribution in [0.1, 0.15) is 21.5 Å². The zero-order valence-corrected chi connectivity index (χ0v) is 11.6. The number of anilines is 1. The largest absolute Gasteiger partial charge is 0.497 e. The number of carbonyl (C=O) groups excluding carboxylic acids is 1. The molecule has 0 aliphatic rings. The molecule has 0 atom stereocenters. The maximum absolute atomic E-state index is 12.1. The van der Waals surface area contributed by atoms with E-state index < -0.39 is 0 Å². The molecular formula is C16H18N2O2. The van der Waals surface area contributed by atoms with Gasteiger partial charge in [-0.15, -0.1) is 0 Å². The predicted octanol–water partition coefficient (Wildman–Crippen LogP) is 2.52. The van der Waals surface area contributed by atoms with Crippen LogP contribution in [0.4, 0.5) is 5.69 Å². The van der Waals surface area contributed by atoms with Crippen molar-refractivity contribution in [3.05, 3.63) is 59.2 Å². The highest BCUT2D eigenvalue weighted by atomic mass is 16.5. The quantitative estimate of drug-likeness (QED) is 0.839. The standard InChI is InChI=1S/C16H18N2O2/c1-11-5-3-4-6-12(11)10-18-16(19)14-8-7-13(20-2)9-15(14)17/h3-9H,10,17H2,1-2H3,(H,18,19). The fraction of sp³-hybridized carbons (Fsp3) is 0.188. The molecule has 0 fully saturated rings. The second-order valence-electron chi connectivity index (χ2n) is 4.56. The highest BCUT2D eigenvalue weighted by molar-refractivity contribution is 5.99. The fourth-order valence-corrected chi connectivity index (χ4v) is 1.95. The second kappa shape index (κ2) is 6.10. The van der Waals surface area contributed by atoms with Crippen molar-refractivity contribution in [3.8, 4) is 5.75 Å². The molecule has 2 rings (SSSR count). The van der Waals surface area contributed by atoms with Crippen molar-refractivity contribution in [1.82, 2.24) is 5.32 Å². The number of rotatable bonds is 4. The molecule has 1 amide bonds. The second-order valence-corrected chi connectivity index (χ2v) is 4.56. The molecule has 3 N–H and O–H groups in total. The van der Waals surface area contributed by atoms with Gasteiger partial charge in [-0.05, 0) is 30.2 Å². The molecule has 0 radical (unpaired) electrons. The number of carbonyl (C=O) groups is 1. The van der Waals surface area contributed by atoms with E-state index in [1.54, 1.807) is 25.3 Å². The van der Waals surface area contributed by atoms with Gasteiger partial charge in [-0.2, -0.15) is 0 Å². The zero-order valence-electron chi connectivity index (χ0n) is 11.6. The van der Waals surface area contributed by atoms with Gasteiger partial charge in [-0.3, -0.25) is 4.79 Å². The molecule has 0 spiro atoms. The van der Waals surface area contributed by atoms with E-state index in [0.717, 1.165) is 11.1 Å². The van der Waals surface area contributed by atoms with Gasteiger partial charge in [-0.1, -0.05) is 24.3 Å². The van der Waals surface area contributed by atoms with E-state index in [4.69, 9.17) is 10.5 Å². The third-order valence-corrected chi connectivity index (χ3v) is 3.20. The van der Waals surface area contributed by atoms with Crippen LogP contribution in [-0.2, 0) is 6.54 Å². The number of benzene rings is 2. The first-order valence-corrected chi connectivity index (χ1v) is 6.38. The maximum Gasteiger partial charge on any atom is 0.253 e. The minimum absolute atomic E-state index is 0.187. The number of nitrogen functional groups attached to an aromatic ring is 1. The summed E-state index contributed by atoms with van der Waals surface area (Å²) in [5.74, 6) is 0.450. The lowest BCUT2D eigenvalue weighted by atomic mass is 10.1. The summed E-state index contributed by atoms with van der Waals surface area (Å²) in [6.45, 7) is 2.50. The number of amides is 1. The lowest BCUT2D eigenvalue weighted by molar-refractivity contribution is 0.0952. The Hall–Kier alpha value is -2.49. The van der Waals surface area contributed by atoms with E-state index in [0.29, 0.717) is 23.5 Å². The summed E-state index contributed by atoms with van der Waals surface area (Å²) in [6, 6.07) is 13.0. The number of methoxy groups -OCH3 is 1. The van der Waals surface area contributed by atoms with Gasteiger partial charge < -0.3 is 15.8 Å². The Bertz CT molecular complexity index is 624. The number of nitrogens with two attached hydrogens (primary N) is 1. The van der Waals surface area contributed by atoms with Crippen molar-refractivity contribution >= 4 is 11.6 Å². The first kappa shape index (κ1) is 13.9. The van der Waals surface area contributed by atoms with E-state index in [1.807, 2.05) is 31.2 Å². The van der Waals surface area contributed by atoms with Crippen LogP contribution in [0, 0.1) is 6.92 Å². The van der Waals surface area contributed by atoms with Crippen molar-refractivity contribution < 1.29 is 9.53 Å². The van der Waals surface area contributed by atoms with Crippen molar-refractivity contribution in [2.75, 3.05) is 12.8 Å². The maximum atomic E-state index is 12.1. The van der Waals surface area contributed by atoms with Crippen molar-refractivity contribution in [3.63, 3.8) is 0 Å². The topological polar surface area (TPSA) is 64.3 Å². The molecule has 0 unspecified atom stereocenters. The lowest BCUT2D eigenvalue weighted by Crippen LogP contribution is -2.24. The number of hydrogen-bond acceptors (Lipinski definition) is 3. The Morgan fingerprint density at radius 3 is 2.65 bits per heavy atom. The minimum Gasteiger partial charge on any atom is -0.497 e. The average Bonchev–Trinajstić information content (AvgIpc) is 2.46. The monoisotopic (exact) mass is 270 g/mol. The van der Waals surface area contributed by atoms with Gasteiger partial charge >= 0.3 is 0 Å². The Kier molecular flexibility index (Phi) is 4.25. The zero-order chi connectivity index (χ0) is 14.5. The number of ether oxygens (including phenoxy) is 1. The van der Waals surface area contributed by atoms with E-state index in [-0.39, 0.29) is 5.91 Å². The minimum atomic E-state index is -0.187. The Labute approximate surface area is 118 Å². The van der Waals surface area contributed by atoms with Gasteiger partial charge in [0.2, 0.25) is 0 Å². The fourth-order valence-electron chi connectivity index (χ4n) is 1.95. The smallest absolute Gasteiger partial charge is 0.253 e. The van der Waals surface area contributed by atoms with Gasteiger partial charge in [-0.25, -0.2) is 0 Å². The molecule has 0 aliphatic carbocycles. The Morgan fingerprint density at radius 1 is 1.25 bits per heavy atom. The molecule has 4 heteroatoms. The molecule has 0 saturated heterocycles. The van der Waals surface area contributed by atoms with Crippen molar-refractivity contribution in [1.29, 1.82) is 0 Å². The van der Waals surface area contributed by atoms with E-state index in [2.05, 4.69) is 5.32 Å². The molecule has 0 heterocycles. The van der Waals surface area contributed by atoms with Crippen LogP contribution in [0.5, 0.6) is 5.75 Å². The normalized spacial score (nSPS) is 10.1. The van der Waals surface area contributed by atoms with E-state index in [9.17, 15) is 4.79 Å². The van der Waals surface area contributed by atoms with Gasteiger partial charge in [0.1, 0.15) is 5.75 Å². The molecule has 104 valence electrons. The van der Waals surface area contributed by atoms with Crippen molar-refractivity contribution in [2.24, 2.45) is 0 Å². The highest BCUT2D eigenvalue weighted by Gasteiger charge is 2.10. The van der Waals surface area contributed by atoms with E-state index in [1.165, 1.54) is 0 Å². The van der Waals surface area contributed by atoms with Gasteiger partial charge in [0, 0.05) is 18.3 Å². The molecule has 2 aromatic carbocycles. The molecular weight excluding hydrogens is 252 g/mol. The highest BCUT2D eigenvalue weighted by Crippen LogP contribution is 2.19. The molecule has 0 aromatic heterocycles. The molecule has 0 saturated carbocycles. The van der Waals surface area contributed by atoms with Crippen LogP contribution >= 0.6 is 0 Å². The average molecular weight is 270 g/mol. The number of nitrogens with one attached hydrogen (secondary N) is 1. The SMILES string of the molecule is COc1ccc(C(=O)NCc2ccccc2C)c(N)c1. The molecule has 4 nitrogen and oxygen atoms in total. The summed E-state index contributed by atoms with van der Waals surface area (Å²) in [7, 11) is 1.56. The summed E-state index contributed by atoms with van der Waals surface area (Å²) in [5, 5.41) is 2.87. The Balaban J connectivity index is 2.07. The predicted molar refractivity (Wildman–Crippen MR) is 79.8 cm³/mol. The van der Waals surface area contributed by atoms with Gasteiger partial charge in [0.15, 0.2) is 0 Å². The molecule has 0 aliphatic heterocycles. The first-order chi connectivity index (χ1) is 9.61. The molecule has 0 bridgehead atoms. The van der Waals surface area contributed by atoms with Crippen LogP contribution in [0.15, 0.2) is 42.5 Å². The summed E-state index contributed by atoms with van der Waals surface area (Å²) in [5.41, 5.74) is 8.96. The van der Waals surface area contributed by atoms with Crippen molar-refractivity contribution in [2.45, 2.75) is 13.5 Å². The van der Waals surface area contributed by atoms with Gasteiger partial charge in [0.05, 0.1) is 12.7 Å². The summed E-state index contributed by atoms with van der Waals surface area (Å²) < 4.78 is 5.06. The summed E-state index contributed by atoms with van der Waals surface area (Å²) in [4.78, 5) is 12.1. The van der Waals surface area contributed by atoms with E-state index >= 15 is 0 Å². The summed E-state index contributed by atoms with van der Waals surface area (Å²) in [6.07, 6.45) is 0. The lowest BCUT2D eigenvalue weighted by Gasteiger charge is -2.10. The van der Waals surface area contributed by atoms with Crippen LogP contribution in [0.3, 0.4) is 0 Å². The molecule has 20 heavy (non-hydrogen) atoms. The van der Waals surface area contributed by atoms with Crippen LogP contribution in [-0.4, -0.2) is 13.0 Å². The van der Waals surface area contributed by atoms with Crippen LogP contribution < -0.4 is 15.8 Å². The van der Waals surface area contributed by atoms with Crippen LogP contribution in [0.2, 0.25) is 0 Å². The summed E-state index contributed by atoms with van der Waals surface area (Å²) >= 11 is 0. The Morgan fingerprint density at radius 2 is 2.00 bits per heavy atom. The number of hydrogen-bond donors (Lipinski definition) is 2. The molecule has 2 aromatic rings. The van der Waals surface area contributed by atoms with Gasteiger partial charge in [0.25, 0.3) is 5.91 Å². The first-order valence-electron chi connectivity index (χ1n) is 6.38. The third kappa shape index (κ3) is 3.09. The van der Waals surface area contributed by atoms with Crippen LogP contribution in [0.25, 0.3) is 0 Å². The third-order valence-electron chi connectivity index (χ3n) is 3.20. The number of aryl methyl sites for hydroxylation is 1.